The molecule has 1 aromatic carbocycles. The summed E-state index contributed by atoms with van der Waals surface area (Å²) in [5.74, 6) is 1.38. The second-order valence-corrected chi connectivity index (χ2v) is 10.8. The van der Waals surface area contributed by atoms with Gasteiger partial charge in [-0.25, -0.2) is 17.9 Å². The van der Waals surface area contributed by atoms with Crippen LogP contribution in [-0.4, -0.2) is 97.1 Å². The average Bonchev–Trinajstić information content (AvgIpc) is 3.24. The molecule has 0 aliphatic carbocycles. The summed E-state index contributed by atoms with van der Waals surface area (Å²) >= 11 is 0. The lowest BCUT2D eigenvalue weighted by Crippen LogP contribution is -2.48. The third kappa shape index (κ3) is 8.57. The SMILES string of the molecule is CCCc1nc(C)c2c(=O)[nH]c(-c3cc(S(=O)(=O)N4CCN(CC)CC4)ccc3OCC)nn12.O=[N+]([O-])O.O=[N+]([O-])O. The number of likely N-dealkylation sites (N-methyl/N-ethyl adjacent to an activating group) is 1. The molecule has 1 fully saturated rings. The normalized spacial score (nSPS) is 13.9. The van der Waals surface area contributed by atoms with Crippen molar-refractivity contribution in [2.45, 2.75) is 45.4 Å². The van der Waals surface area contributed by atoms with Crippen LogP contribution < -0.4 is 10.3 Å². The maximum absolute atomic E-state index is 13.4. The smallest absolute Gasteiger partial charge is 0.291 e. The van der Waals surface area contributed by atoms with Gasteiger partial charge in [-0.05, 0) is 45.0 Å². The van der Waals surface area contributed by atoms with Crippen molar-refractivity contribution in [1.29, 1.82) is 0 Å². The minimum Gasteiger partial charge on any atom is -0.493 e. The average molecular weight is 615 g/mol. The van der Waals surface area contributed by atoms with Crippen LogP contribution in [0, 0.1) is 27.2 Å². The van der Waals surface area contributed by atoms with Crippen LogP contribution in [0.3, 0.4) is 0 Å². The molecule has 4 rings (SSSR count). The van der Waals surface area contributed by atoms with Gasteiger partial charge in [-0.3, -0.25) is 4.79 Å². The Morgan fingerprint density at radius 2 is 1.67 bits per heavy atom. The molecule has 0 amide bonds. The molecule has 0 radical (unpaired) electrons. The molecule has 1 aliphatic heterocycles. The summed E-state index contributed by atoms with van der Waals surface area (Å²) in [6, 6.07) is 4.72. The molecule has 2 aromatic heterocycles. The summed E-state index contributed by atoms with van der Waals surface area (Å²) in [5, 5.41) is 31.9. The Hall–Kier alpha value is -4.36. The molecule has 0 saturated carbocycles. The first-order valence-corrected chi connectivity index (χ1v) is 14.3. The molecule has 232 valence electrons. The van der Waals surface area contributed by atoms with Crippen molar-refractivity contribution >= 4 is 15.5 Å². The molecule has 19 heteroatoms. The minimum absolute atomic E-state index is 0.147. The quantitative estimate of drug-likeness (QED) is 0.240. The second-order valence-electron chi connectivity index (χ2n) is 8.83. The monoisotopic (exact) mass is 614 g/mol. The third-order valence-electron chi connectivity index (χ3n) is 6.14. The number of aromatic nitrogens is 4. The van der Waals surface area contributed by atoms with E-state index < -0.39 is 20.2 Å². The Morgan fingerprint density at radius 3 is 2.19 bits per heavy atom. The van der Waals surface area contributed by atoms with E-state index in [-0.39, 0.29) is 16.3 Å². The highest BCUT2D eigenvalue weighted by molar-refractivity contribution is 7.89. The van der Waals surface area contributed by atoms with E-state index in [1.54, 1.807) is 29.6 Å². The summed E-state index contributed by atoms with van der Waals surface area (Å²) in [7, 11) is -3.71. The van der Waals surface area contributed by atoms with Gasteiger partial charge in [-0.2, -0.15) is 4.31 Å². The number of hydrogen-bond acceptors (Lipinski definition) is 11. The number of nitrogens with one attached hydrogen (secondary N) is 1. The fraction of sp³-hybridized carbons (Fsp3) is 0.522. The molecule has 3 heterocycles. The van der Waals surface area contributed by atoms with Crippen molar-refractivity contribution < 1.29 is 33.7 Å². The van der Waals surface area contributed by atoms with E-state index in [1.165, 1.54) is 4.31 Å². The number of ether oxygens (including phenoxy) is 1. The Morgan fingerprint density at radius 1 is 1.07 bits per heavy atom. The van der Waals surface area contributed by atoms with E-state index >= 15 is 0 Å². The molecule has 3 N–H and O–H groups in total. The lowest BCUT2D eigenvalue weighted by molar-refractivity contribution is -0.742. The van der Waals surface area contributed by atoms with Gasteiger partial charge in [0.2, 0.25) is 10.0 Å². The van der Waals surface area contributed by atoms with Gasteiger partial charge >= 0.3 is 0 Å². The first-order chi connectivity index (χ1) is 19.8. The highest BCUT2D eigenvalue weighted by Crippen LogP contribution is 2.31. The van der Waals surface area contributed by atoms with E-state index in [0.29, 0.717) is 67.6 Å². The van der Waals surface area contributed by atoms with Crippen LogP contribution in [0.1, 0.15) is 38.7 Å². The topological polar surface area (TPSA) is 240 Å². The van der Waals surface area contributed by atoms with Crippen molar-refractivity contribution in [3.05, 3.63) is 60.3 Å². The third-order valence-corrected chi connectivity index (χ3v) is 8.03. The van der Waals surface area contributed by atoms with Crippen molar-refractivity contribution in [2.24, 2.45) is 0 Å². The zero-order valence-electron chi connectivity index (χ0n) is 23.6. The van der Waals surface area contributed by atoms with Gasteiger partial charge in [0.15, 0.2) is 11.3 Å². The molecule has 0 atom stereocenters. The summed E-state index contributed by atoms with van der Waals surface area (Å²) in [6.45, 7) is 11.3. The van der Waals surface area contributed by atoms with Crippen LogP contribution in [-0.2, 0) is 16.4 Å². The number of aromatic amines is 1. The first-order valence-electron chi connectivity index (χ1n) is 12.9. The molecule has 0 spiro atoms. The van der Waals surface area contributed by atoms with Gasteiger partial charge in [0.1, 0.15) is 11.6 Å². The summed E-state index contributed by atoms with van der Waals surface area (Å²) in [5.41, 5.74) is 1.09. The van der Waals surface area contributed by atoms with Crippen LogP contribution >= 0.6 is 0 Å². The zero-order chi connectivity index (χ0) is 31.6. The molecule has 3 aromatic rings. The predicted molar refractivity (Wildman–Crippen MR) is 147 cm³/mol. The molecule has 1 aliphatic rings. The number of benzene rings is 1. The first kappa shape index (κ1) is 33.8. The standard InChI is InChI=1S/C23H32N6O4S.2HNO3/c1-5-8-20-24-16(4)21-23(30)25-22(26-29(20)21)18-15-17(9-10-19(18)33-7-3)34(31,32)28-13-11-27(6-2)12-14-28;2*2-1(3)4/h9-10,15H,5-8,11-14H2,1-4H3,(H,25,26,30);2*(H,2,3,4). The van der Waals surface area contributed by atoms with Gasteiger partial charge in [-0.1, -0.05) is 13.8 Å². The van der Waals surface area contributed by atoms with Gasteiger partial charge in [0, 0.05) is 32.6 Å². The Balaban J connectivity index is 0.000000686. The largest absolute Gasteiger partial charge is 0.493 e. The van der Waals surface area contributed by atoms with Crippen LogP contribution in [0.25, 0.3) is 16.9 Å². The number of hydrogen-bond donors (Lipinski definition) is 3. The predicted octanol–water partition coefficient (Wildman–Crippen LogP) is 1.38. The fourth-order valence-electron chi connectivity index (χ4n) is 4.31. The van der Waals surface area contributed by atoms with Crippen molar-refractivity contribution in [2.75, 3.05) is 39.3 Å². The van der Waals surface area contributed by atoms with E-state index in [9.17, 15) is 13.2 Å². The van der Waals surface area contributed by atoms with Crippen LogP contribution in [0.5, 0.6) is 5.75 Å². The van der Waals surface area contributed by atoms with Crippen molar-refractivity contribution in [3.8, 4) is 17.1 Å². The van der Waals surface area contributed by atoms with E-state index in [2.05, 4.69) is 26.9 Å². The van der Waals surface area contributed by atoms with Gasteiger partial charge in [0.25, 0.3) is 15.7 Å². The zero-order valence-corrected chi connectivity index (χ0v) is 24.4. The molecule has 0 unspecified atom stereocenters. The van der Waals surface area contributed by atoms with E-state index in [4.69, 9.17) is 35.4 Å². The Kier molecular flexibility index (Phi) is 12.1. The number of fused-ring (bicyclic) bond motifs is 1. The van der Waals surface area contributed by atoms with Crippen LogP contribution in [0.4, 0.5) is 0 Å². The van der Waals surface area contributed by atoms with E-state index in [1.807, 2.05) is 13.8 Å². The number of H-pyrrole nitrogens is 1. The second kappa shape index (κ2) is 15.0. The molecule has 0 bridgehead atoms. The number of rotatable bonds is 8. The van der Waals surface area contributed by atoms with Crippen molar-refractivity contribution in [1.82, 2.24) is 28.8 Å². The Labute approximate surface area is 240 Å². The highest BCUT2D eigenvalue weighted by atomic mass is 32.2. The number of nitrogens with zero attached hydrogens (tertiary/aromatic N) is 7. The molecular weight excluding hydrogens is 580 g/mol. The van der Waals surface area contributed by atoms with Crippen molar-refractivity contribution in [3.63, 3.8) is 0 Å². The molecule has 42 heavy (non-hydrogen) atoms. The highest BCUT2D eigenvalue weighted by Gasteiger charge is 2.29. The molecule has 1 saturated heterocycles. The maximum atomic E-state index is 13.4. The van der Waals surface area contributed by atoms with Crippen LogP contribution in [0.2, 0.25) is 0 Å². The summed E-state index contributed by atoms with van der Waals surface area (Å²) < 4.78 is 35.7. The lowest BCUT2D eigenvalue weighted by Gasteiger charge is -2.33. The van der Waals surface area contributed by atoms with Gasteiger partial charge < -0.3 is 25.0 Å². The van der Waals surface area contributed by atoms with Gasteiger partial charge in [0.05, 0.1) is 22.8 Å². The minimum atomic E-state index is -3.71. The number of sulfonamides is 1. The number of imidazole rings is 1. The van der Waals surface area contributed by atoms with Crippen LogP contribution in [0.15, 0.2) is 27.9 Å². The Bertz CT molecular complexity index is 1530. The summed E-state index contributed by atoms with van der Waals surface area (Å²) in [6.07, 6.45) is 1.52. The lowest BCUT2D eigenvalue weighted by atomic mass is 10.2. The number of aryl methyl sites for hydroxylation is 2. The van der Waals surface area contributed by atoms with Gasteiger partial charge in [-0.15, -0.1) is 25.3 Å². The molecule has 18 nitrogen and oxygen atoms in total. The fourth-order valence-corrected chi connectivity index (χ4v) is 5.76. The molecular formula is C23H34N8O10S. The maximum Gasteiger partial charge on any atom is 0.291 e. The van der Waals surface area contributed by atoms with E-state index in [0.717, 1.165) is 13.0 Å². The number of piperazine rings is 1. The summed E-state index contributed by atoms with van der Waals surface area (Å²) in [4.78, 5) is 39.4.